The fraction of sp³-hybridized carbons (Fsp3) is 0.417. The molecule has 1 fully saturated rings. The first-order chi connectivity index (χ1) is 7.49. The molecule has 86 valence electrons. The van der Waals surface area contributed by atoms with Crippen molar-refractivity contribution in [3.8, 4) is 5.75 Å². The molecular formula is C12H13BrO3. The predicted octanol–water partition coefficient (Wildman–Crippen LogP) is 2.97. The summed E-state index contributed by atoms with van der Waals surface area (Å²) in [7, 11) is 0. The van der Waals surface area contributed by atoms with Crippen molar-refractivity contribution in [2.45, 2.75) is 31.6 Å². The monoisotopic (exact) mass is 284 g/mol. The van der Waals surface area contributed by atoms with Gasteiger partial charge >= 0.3 is 5.97 Å². The van der Waals surface area contributed by atoms with E-state index in [1.807, 2.05) is 13.0 Å². The van der Waals surface area contributed by atoms with E-state index in [2.05, 4.69) is 15.9 Å². The van der Waals surface area contributed by atoms with Crippen LogP contribution in [0.3, 0.4) is 0 Å². The molecule has 0 radical (unpaired) electrons. The van der Waals surface area contributed by atoms with Gasteiger partial charge < -0.3 is 10.2 Å². The number of benzene rings is 1. The number of phenols is 1. The molecule has 4 heteroatoms. The highest BCUT2D eigenvalue weighted by Crippen LogP contribution is 2.50. The summed E-state index contributed by atoms with van der Waals surface area (Å²) in [5.74, 6) is -0.766. The third-order valence-electron chi connectivity index (χ3n) is 3.43. The van der Waals surface area contributed by atoms with E-state index in [1.165, 1.54) is 0 Å². The molecule has 0 heterocycles. The van der Waals surface area contributed by atoms with E-state index in [4.69, 9.17) is 0 Å². The van der Waals surface area contributed by atoms with E-state index in [9.17, 15) is 15.0 Å². The van der Waals surface area contributed by atoms with Crippen LogP contribution in [0.25, 0.3) is 0 Å². The van der Waals surface area contributed by atoms with Crippen LogP contribution in [0.15, 0.2) is 16.6 Å². The van der Waals surface area contributed by atoms with Gasteiger partial charge in [0.1, 0.15) is 5.75 Å². The Hall–Kier alpha value is -1.03. The Balaban J connectivity index is 2.63. The van der Waals surface area contributed by atoms with E-state index >= 15 is 0 Å². The van der Waals surface area contributed by atoms with Gasteiger partial charge in [-0.2, -0.15) is 0 Å². The minimum Gasteiger partial charge on any atom is -0.506 e. The Morgan fingerprint density at radius 1 is 1.44 bits per heavy atom. The lowest BCUT2D eigenvalue weighted by Crippen LogP contribution is -2.43. The highest BCUT2D eigenvalue weighted by atomic mass is 79.9. The summed E-state index contributed by atoms with van der Waals surface area (Å²) in [6.07, 6.45) is 2.11. The number of rotatable bonds is 2. The number of carboxylic acid groups (broad SMARTS) is 1. The van der Waals surface area contributed by atoms with E-state index in [-0.39, 0.29) is 5.75 Å². The minimum absolute atomic E-state index is 0.0714. The van der Waals surface area contributed by atoms with Crippen LogP contribution >= 0.6 is 15.9 Å². The van der Waals surface area contributed by atoms with Gasteiger partial charge in [-0.1, -0.05) is 12.5 Å². The highest BCUT2D eigenvalue weighted by Gasteiger charge is 2.48. The first kappa shape index (κ1) is 11.5. The van der Waals surface area contributed by atoms with Crippen LogP contribution in [0.5, 0.6) is 5.75 Å². The van der Waals surface area contributed by atoms with Crippen molar-refractivity contribution >= 4 is 21.9 Å². The topological polar surface area (TPSA) is 57.5 Å². The van der Waals surface area contributed by atoms with Gasteiger partial charge in [0.05, 0.1) is 9.89 Å². The minimum atomic E-state index is -0.877. The maximum Gasteiger partial charge on any atom is 0.314 e. The largest absolute Gasteiger partial charge is 0.506 e. The van der Waals surface area contributed by atoms with Crippen LogP contribution in [0.4, 0.5) is 0 Å². The molecule has 2 N–H and O–H groups in total. The van der Waals surface area contributed by atoms with E-state index < -0.39 is 11.4 Å². The second kappa shape index (κ2) is 3.77. The smallest absolute Gasteiger partial charge is 0.314 e. The summed E-state index contributed by atoms with van der Waals surface area (Å²) in [5.41, 5.74) is 0.529. The first-order valence-corrected chi connectivity index (χ1v) is 6.00. The standard InChI is InChI=1S/C12H13BrO3/c1-7-3-4-8(13)10(14)9(7)12(11(15)16)5-2-6-12/h3-4,14H,2,5-6H2,1H3,(H,15,16). The summed E-state index contributed by atoms with van der Waals surface area (Å²) in [5, 5.41) is 19.4. The molecule has 0 spiro atoms. The molecule has 1 aliphatic carbocycles. The number of aryl methyl sites for hydroxylation is 1. The average Bonchev–Trinajstić information content (AvgIpc) is 2.15. The van der Waals surface area contributed by atoms with E-state index in [0.717, 1.165) is 12.0 Å². The number of aliphatic carboxylic acids is 1. The zero-order chi connectivity index (χ0) is 11.9. The van der Waals surface area contributed by atoms with Gasteiger partial charge in [-0.05, 0) is 47.3 Å². The van der Waals surface area contributed by atoms with E-state index in [0.29, 0.717) is 22.9 Å². The number of carbonyl (C=O) groups is 1. The van der Waals surface area contributed by atoms with Crippen molar-refractivity contribution in [2.75, 3.05) is 0 Å². The fourth-order valence-corrected chi connectivity index (χ4v) is 2.70. The zero-order valence-corrected chi connectivity index (χ0v) is 10.5. The number of hydrogen-bond acceptors (Lipinski definition) is 2. The molecule has 0 atom stereocenters. The van der Waals surface area contributed by atoms with Crippen LogP contribution in [-0.4, -0.2) is 16.2 Å². The van der Waals surface area contributed by atoms with Crippen molar-refractivity contribution < 1.29 is 15.0 Å². The van der Waals surface area contributed by atoms with E-state index in [1.54, 1.807) is 6.07 Å². The lowest BCUT2D eigenvalue weighted by molar-refractivity contribution is -0.147. The number of halogens is 1. The van der Waals surface area contributed by atoms with Crippen LogP contribution < -0.4 is 0 Å². The molecule has 1 aliphatic rings. The van der Waals surface area contributed by atoms with Gasteiger partial charge in [-0.3, -0.25) is 4.79 Å². The van der Waals surface area contributed by atoms with Crippen molar-refractivity contribution in [2.24, 2.45) is 0 Å². The summed E-state index contributed by atoms with van der Waals surface area (Å²) in [4.78, 5) is 11.4. The highest BCUT2D eigenvalue weighted by molar-refractivity contribution is 9.10. The van der Waals surface area contributed by atoms with Gasteiger partial charge in [0.15, 0.2) is 0 Å². The molecule has 1 aromatic carbocycles. The number of phenolic OH excluding ortho intramolecular Hbond substituents is 1. The third kappa shape index (κ3) is 1.44. The summed E-state index contributed by atoms with van der Waals surface area (Å²) >= 11 is 3.23. The maximum atomic E-state index is 11.4. The summed E-state index contributed by atoms with van der Waals surface area (Å²) in [6.45, 7) is 1.84. The Morgan fingerprint density at radius 2 is 2.06 bits per heavy atom. The third-order valence-corrected chi connectivity index (χ3v) is 4.07. The fourth-order valence-electron chi connectivity index (χ4n) is 2.37. The number of aromatic hydroxyl groups is 1. The number of hydrogen-bond donors (Lipinski definition) is 2. The molecule has 0 saturated heterocycles. The Bertz CT molecular complexity index is 450. The van der Waals surface area contributed by atoms with Crippen molar-refractivity contribution in [1.82, 2.24) is 0 Å². The SMILES string of the molecule is Cc1ccc(Br)c(O)c1C1(C(=O)O)CCC1. The van der Waals surface area contributed by atoms with Crippen LogP contribution in [0.2, 0.25) is 0 Å². The van der Waals surface area contributed by atoms with Crippen LogP contribution in [-0.2, 0) is 10.2 Å². The van der Waals surface area contributed by atoms with Crippen molar-refractivity contribution in [1.29, 1.82) is 0 Å². The summed E-state index contributed by atoms with van der Waals surface area (Å²) < 4.78 is 0.556. The normalized spacial score (nSPS) is 17.9. The van der Waals surface area contributed by atoms with Gasteiger partial charge in [-0.15, -0.1) is 0 Å². The van der Waals surface area contributed by atoms with Gasteiger partial charge in [0.2, 0.25) is 0 Å². The molecule has 1 saturated carbocycles. The first-order valence-electron chi connectivity index (χ1n) is 5.21. The van der Waals surface area contributed by atoms with Crippen LogP contribution in [0.1, 0.15) is 30.4 Å². The lowest BCUT2D eigenvalue weighted by atomic mass is 9.63. The molecule has 0 unspecified atom stereocenters. The lowest BCUT2D eigenvalue weighted by Gasteiger charge is -2.39. The second-order valence-electron chi connectivity index (χ2n) is 4.33. The average molecular weight is 285 g/mol. The molecule has 0 bridgehead atoms. The molecule has 3 nitrogen and oxygen atoms in total. The van der Waals surface area contributed by atoms with Gasteiger partial charge in [-0.25, -0.2) is 0 Å². The summed E-state index contributed by atoms with van der Waals surface area (Å²) in [6, 6.07) is 3.57. The Morgan fingerprint density at radius 3 is 2.50 bits per heavy atom. The second-order valence-corrected chi connectivity index (χ2v) is 5.18. The van der Waals surface area contributed by atoms with Gasteiger partial charge in [0, 0.05) is 5.56 Å². The number of carboxylic acids is 1. The molecular weight excluding hydrogens is 272 g/mol. The van der Waals surface area contributed by atoms with Crippen LogP contribution in [0, 0.1) is 6.92 Å². The maximum absolute atomic E-state index is 11.4. The van der Waals surface area contributed by atoms with Crippen molar-refractivity contribution in [3.05, 3.63) is 27.7 Å². The molecule has 1 aromatic rings. The molecule has 16 heavy (non-hydrogen) atoms. The zero-order valence-electron chi connectivity index (χ0n) is 8.96. The van der Waals surface area contributed by atoms with Crippen molar-refractivity contribution in [3.63, 3.8) is 0 Å². The molecule has 2 rings (SSSR count). The predicted molar refractivity (Wildman–Crippen MR) is 63.7 cm³/mol. The quantitative estimate of drug-likeness (QED) is 0.878. The molecule has 0 aliphatic heterocycles. The Kier molecular flexibility index (Phi) is 2.70. The van der Waals surface area contributed by atoms with Gasteiger partial charge in [0.25, 0.3) is 0 Å². The molecule has 0 aromatic heterocycles. The molecule has 0 amide bonds. The Labute approximate surface area is 102 Å².